The number of hydrogen-bond donors (Lipinski definition) is 0. The summed E-state index contributed by atoms with van der Waals surface area (Å²) in [6.45, 7) is 0. The molecule has 1 aliphatic heterocycles. The van der Waals surface area contributed by atoms with Gasteiger partial charge in [-0.2, -0.15) is 0 Å². The molecule has 0 amide bonds. The zero-order valence-electron chi connectivity index (χ0n) is 25.1. The van der Waals surface area contributed by atoms with Crippen molar-refractivity contribution in [2.75, 3.05) is 0 Å². The number of hydrogen-bond acceptors (Lipinski definition) is 1. The van der Waals surface area contributed by atoms with E-state index in [4.69, 9.17) is 0 Å². The number of benzene rings is 8. The normalized spacial score (nSPS) is 15.8. The van der Waals surface area contributed by atoms with Gasteiger partial charge in [-0.1, -0.05) is 163 Å². The monoisotopic (exact) mass is 600 g/mol. The molecule has 1 unspecified atom stereocenters. The van der Waals surface area contributed by atoms with Crippen molar-refractivity contribution >= 4 is 33.3 Å². The predicted octanol–water partition coefficient (Wildman–Crippen LogP) is 12.2. The summed E-state index contributed by atoms with van der Waals surface area (Å²) in [6, 6.07) is 63.3. The van der Waals surface area contributed by atoms with Crippen LogP contribution in [-0.4, -0.2) is 0 Å². The van der Waals surface area contributed by atoms with E-state index in [9.17, 15) is 0 Å². The molecule has 8 aromatic carbocycles. The second kappa shape index (κ2) is 9.81. The summed E-state index contributed by atoms with van der Waals surface area (Å²) in [4.78, 5) is 2.66. The van der Waals surface area contributed by atoms with Gasteiger partial charge in [0.2, 0.25) is 0 Å². The molecule has 10 rings (SSSR count). The van der Waals surface area contributed by atoms with Crippen molar-refractivity contribution < 1.29 is 0 Å². The molecule has 0 nitrogen and oxygen atoms in total. The van der Waals surface area contributed by atoms with Crippen molar-refractivity contribution in [3.05, 3.63) is 192 Å². The average Bonchev–Trinajstić information content (AvgIpc) is 3.44. The summed E-state index contributed by atoms with van der Waals surface area (Å²) in [5, 5.41) is 5.25. The van der Waals surface area contributed by atoms with Crippen LogP contribution >= 0.6 is 11.8 Å². The first kappa shape index (κ1) is 25.9. The molecular formula is C45H28S. The van der Waals surface area contributed by atoms with Crippen molar-refractivity contribution in [1.29, 1.82) is 0 Å². The van der Waals surface area contributed by atoms with E-state index in [2.05, 4.69) is 170 Å². The maximum absolute atomic E-state index is 2.46. The first-order valence-corrected chi connectivity index (χ1v) is 16.8. The highest BCUT2D eigenvalue weighted by Gasteiger charge is 2.46. The van der Waals surface area contributed by atoms with Crippen LogP contribution in [0.25, 0.3) is 54.9 Å². The molecule has 1 atom stereocenters. The number of fused-ring (bicyclic) bond motifs is 7. The fourth-order valence-corrected chi connectivity index (χ4v) is 9.41. The van der Waals surface area contributed by atoms with Gasteiger partial charge in [0.05, 0.1) is 5.41 Å². The quantitative estimate of drug-likeness (QED) is 0.194. The third-order valence-corrected chi connectivity index (χ3v) is 11.3. The van der Waals surface area contributed by atoms with Crippen LogP contribution in [0, 0.1) is 0 Å². The Morgan fingerprint density at radius 2 is 1.11 bits per heavy atom. The zero-order valence-corrected chi connectivity index (χ0v) is 25.9. The highest BCUT2D eigenvalue weighted by atomic mass is 32.2. The molecule has 2 aliphatic rings. The molecule has 8 aromatic rings. The van der Waals surface area contributed by atoms with E-state index in [0.717, 1.165) is 0 Å². The Hall–Kier alpha value is -5.37. The molecule has 1 heteroatoms. The van der Waals surface area contributed by atoms with Crippen molar-refractivity contribution in [2.45, 2.75) is 15.2 Å². The molecule has 0 spiro atoms. The van der Waals surface area contributed by atoms with Gasteiger partial charge in [0.15, 0.2) is 0 Å². The summed E-state index contributed by atoms with van der Waals surface area (Å²) in [7, 11) is 0. The summed E-state index contributed by atoms with van der Waals surface area (Å²) in [5.74, 6) is 0. The lowest BCUT2D eigenvalue weighted by molar-refractivity contribution is 0.769. The highest BCUT2D eigenvalue weighted by Crippen LogP contribution is 2.58. The van der Waals surface area contributed by atoms with E-state index in [1.807, 2.05) is 11.8 Å². The minimum atomic E-state index is -0.450. The lowest BCUT2D eigenvalue weighted by Gasteiger charge is -2.34. The third-order valence-electron chi connectivity index (χ3n) is 10.1. The van der Waals surface area contributed by atoms with E-state index in [0.29, 0.717) is 0 Å². The SMILES string of the molecule is c1ccc(C2(c3cccc(-c4ccc5c6c(cccc46)-c4ccccc4S5)c3)c3ccccc3-c3c2ccc2ccccc32)cc1. The Morgan fingerprint density at radius 1 is 0.391 bits per heavy atom. The van der Waals surface area contributed by atoms with E-state index < -0.39 is 5.41 Å². The molecule has 1 aliphatic carbocycles. The Balaban J connectivity index is 1.26. The minimum Gasteiger partial charge on any atom is -0.0888 e. The van der Waals surface area contributed by atoms with Crippen molar-refractivity contribution in [3.63, 3.8) is 0 Å². The van der Waals surface area contributed by atoms with Crippen LogP contribution in [0.2, 0.25) is 0 Å². The van der Waals surface area contributed by atoms with Gasteiger partial charge in [-0.15, -0.1) is 0 Å². The Labute approximate surface area is 273 Å². The van der Waals surface area contributed by atoms with Crippen molar-refractivity contribution in [3.8, 4) is 33.4 Å². The summed E-state index contributed by atoms with van der Waals surface area (Å²) >= 11 is 1.88. The van der Waals surface area contributed by atoms with E-state index in [1.165, 1.54) is 87.0 Å². The van der Waals surface area contributed by atoms with Gasteiger partial charge in [-0.25, -0.2) is 0 Å². The minimum absolute atomic E-state index is 0.450. The standard InChI is InChI=1S/C45H28S/c1-2-14-31(15-3-1)45(39-22-8-6-19-38(39)43-34-17-5-4-12-29(34)24-26-40(43)45)32-16-10-13-30(28-32)33-25-27-42-44-36(33)20-11-21-37(44)35-18-7-9-23-41(35)46-42/h1-28H. The Morgan fingerprint density at radius 3 is 2.04 bits per heavy atom. The maximum Gasteiger partial charge on any atom is 0.0714 e. The van der Waals surface area contributed by atoms with Crippen LogP contribution in [0.5, 0.6) is 0 Å². The Kier molecular flexibility index (Phi) is 5.53. The third kappa shape index (κ3) is 3.47. The highest BCUT2D eigenvalue weighted by molar-refractivity contribution is 7.99. The molecular weight excluding hydrogens is 573 g/mol. The zero-order chi connectivity index (χ0) is 30.2. The van der Waals surface area contributed by atoms with E-state index in [1.54, 1.807) is 0 Å². The van der Waals surface area contributed by atoms with Gasteiger partial charge in [0, 0.05) is 15.2 Å². The van der Waals surface area contributed by atoms with Gasteiger partial charge < -0.3 is 0 Å². The lowest BCUT2D eigenvalue weighted by atomic mass is 9.67. The first-order valence-electron chi connectivity index (χ1n) is 15.9. The molecule has 0 saturated heterocycles. The van der Waals surface area contributed by atoms with Crippen LogP contribution in [-0.2, 0) is 5.41 Å². The number of rotatable bonds is 3. The van der Waals surface area contributed by atoms with Crippen molar-refractivity contribution in [2.24, 2.45) is 0 Å². The van der Waals surface area contributed by atoms with Gasteiger partial charge in [0.25, 0.3) is 0 Å². The topological polar surface area (TPSA) is 0 Å². The van der Waals surface area contributed by atoms with Crippen LogP contribution in [0.1, 0.15) is 22.3 Å². The molecule has 0 saturated carbocycles. The summed E-state index contributed by atoms with van der Waals surface area (Å²) in [5.41, 5.74) is 12.7. The Bertz CT molecular complexity index is 2510. The predicted molar refractivity (Wildman–Crippen MR) is 194 cm³/mol. The summed E-state index contributed by atoms with van der Waals surface area (Å²) in [6.07, 6.45) is 0. The molecule has 0 aromatic heterocycles. The lowest BCUT2D eigenvalue weighted by Crippen LogP contribution is -2.28. The van der Waals surface area contributed by atoms with Crippen LogP contribution < -0.4 is 0 Å². The molecule has 46 heavy (non-hydrogen) atoms. The average molecular weight is 601 g/mol. The first-order chi connectivity index (χ1) is 22.8. The molecule has 0 radical (unpaired) electrons. The van der Waals surface area contributed by atoms with Gasteiger partial charge >= 0.3 is 0 Å². The molecule has 214 valence electrons. The molecule has 1 heterocycles. The largest absolute Gasteiger partial charge is 0.0888 e. The van der Waals surface area contributed by atoms with E-state index >= 15 is 0 Å². The van der Waals surface area contributed by atoms with Gasteiger partial charge in [-0.05, 0) is 90.0 Å². The fourth-order valence-electron chi connectivity index (χ4n) is 8.28. The second-order valence-electron chi connectivity index (χ2n) is 12.4. The maximum atomic E-state index is 2.46. The summed E-state index contributed by atoms with van der Waals surface area (Å²) < 4.78 is 0. The van der Waals surface area contributed by atoms with Crippen LogP contribution in [0.3, 0.4) is 0 Å². The van der Waals surface area contributed by atoms with Crippen LogP contribution in [0.4, 0.5) is 0 Å². The molecule has 0 bridgehead atoms. The fraction of sp³-hybridized carbons (Fsp3) is 0.0222. The smallest absolute Gasteiger partial charge is 0.0714 e. The molecule has 0 fully saturated rings. The van der Waals surface area contributed by atoms with Crippen LogP contribution in [0.15, 0.2) is 180 Å². The molecule has 0 N–H and O–H groups in total. The second-order valence-corrected chi connectivity index (χ2v) is 13.5. The van der Waals surface area contributed by atoms with Gasteiger partial charge in [0.1, 0.15) is 0 Å². The van der Waals surface area contributed by atoms with Crippen molar-refractivity contribution in [1.82, 2.24) is 0 Å². The van der Waals surface area contributed by atoms with Gasteiger partial charge in [-0.3, -0.25) is 0 Å². The van der Waals surface area contributed by atoms with E-state index in [-0.39, 0.29) is 0 Å².